The van der Waals surface area contributed by atoms with Gasteiger partial charge in [-0.15, -0.1) is 0 Å². The number of unbranched alkanes of at least 4 members (excludes halogenated alkanes) is 1. The summed E-state index contributed by atoms with van der Waals surface area (Å²) in [5.41, 5.74) is -1.78. The standard InChI is InChI=1S/C19H26N6O6/c1-5-7-8-24-14-13(15(27)21-17(24)29)23(4)11(20-14)10-31-12(26)9-25-16(28)19(3,6-2)22-18(25)30/h5-10H2,1-4H3,(H,22,30)(H,21,27,29). The molecule has 31 heavy (non-hydrogen) atoms. The van der Waals surface area contributed by atoms with E-state index >= 15 is 0 Å². The summed E-state index contributed by atoms with van der Waals surface area (Å²) in [6, 6.07) is -0.652. The van der Waals surface area contributed by atoms with Crippen LogP contribution in [0, 0.1) is 0 Å². The molecule has 3 rings (SSSR count). The first-order valence-electron chi connectivity index (χ1n) is 10.1. The van der Waals surface area contributed by atoms with Crippen LogP contribution in [-0.4, -0.2) is 54.0 Å². The van der Waals surface area contributed by atoms with Gasteiger partial charge in [0, 0.05) is 13.6 Å². The second-order valence-electron chi connectivity index (χ2n) is 7.69. The molecule has 12 heteroatoms. The second kappa shape index (κ2) is 8.36. The molecule has 2 aromatic rings. The van der Waals surface area contributed by atoms with Crippen LogP contribution in [0.3, 0.4) is 0 Å². The lowest BCUT2D eigenvalue weighted by molar-refractivity contribution is -0.149. The first kappa shape index (κ1) is 22.2. The molecule has 0 aliphatic carbocycles. The lowest BCUT2D eigenvalue weighted by Gasteiger charge is -2.18. The van der Waals surface area contributed by atoms with Crippen LogP contribution in [0.1, 0.15) is 45.9 Å². The number of nitrogens with one attached hydrogen (secondary N) is 2. The van der Waals surface area contributed by atoms with Gasteiger partial charge in [0.25, 0.3) is 11.5 Å². The number of carbonyl (C=O) groups is 3. The van der Waals surface area contributed by atoms with E-state index in [0.29, 0.717) is 13.0 Å². The monoisotopic (exact) mass is 434 g/mol. The lowest BCUT2D eigenvalue weighted by Crippen LogP contribution is -2.43. The van der Waals surface area contributed by atoms with E-state index in [0.717, 1.165) is 17.7 Å². The fraction of sp³-hybridized carbons (Fsp3) is 0.579. The largest absolute Gasteiger partial charge is 0.456 e. The van der Waals surface area contributed by atoms with Crippen LogP contribution in [0.25, 0.3) is 11.2 Å². The molecule has 168 valence electrons. The van der Waals surface area contributed by atoms with Crippen LogP contribution < -0.4 is 16.6 Å². The number of aryl methyl sites for hydroxylation is 2. The SMILES string of the molecule is CCCCn1c(=O)[nH]c(=O)c2c1nc(COC(=O)CN1C(=O)NC(C)(CC)C1=O)n2C. The maximum atomic E-state index is 12.4. The number of imide groups is 1. The number of carbonyl (C=O) groups excluding carboxylic acids is 3. The molecule has 0 radical (unpaired) electrons. The number of amides is 3. The van der Waals surface area contributed by atoms with E-state index in [4.69, 9.17) is 4.74 Å². The third kappa shape index (κ3) is 3.97. The molecule has 1 aliphatic rings. The maximum absolute atomic E-state index is 12.4. The summed E-state index contributed by atoms with van der Waals surface area (Å²) in [7, 11) is 1.58. The first-order valence-corrected chi connectivity index (χ1v) is 10.1. The van der Waals surface area contributed by atoms with Crippen molar-refractivity contribution >= 4 is 29.1 Å². The van der Waals surface area contributed by atoms with Gasteiger partial charge in [-0.25, -0.2) is 14.6 Å². The van der Waals surface area contributed by atoms with Crippen molar-refractivity contribution in [3.05, 3.63) is 26.7 Å². The number of aromatic nitrogens is 4. The number of hydrogen-bond donors (Lipinski definition) is 2. The zero-order valence-electron chi connectivity index (χ0n) is 18.0. The Morgan fingerprint density at radius 2 is 1.90 bits per heavy atom. The molecular weight excluding hydrogens is 408 g/mol. The molecule has 0 saturated carbocycles. The van der Waals surface area contributed by atoms with Crippen molar-refractivity contribution in [2.45, 2.75) is 58.7 Å². The number of urea groups is 1. The quantitative estimate of drug-likeness (QED) is 0.438. The number of esters is 1. The van der Waals surface area contributed by atoms with Gasteiger partial charge in [-0.05, 0) is 19.8 Å². The Morgan fingerprint density at radius 3 is 2.52 bits per heavy atom. The van der Waals surface area contributed by atoms with Crippen LogP contribution in [-0.2, 0) is 34.5 Å². The molecule has 1 atom stereocenters. The van der Waals surface area contributed by atoms with Crippen molar-refractivity contribution < 1.29 is 19.1 Å². The van der Waals surface area contributed by atoms with Gasteiger partial charge in [0.15, 0.2) is 11.2 Å². The normalized spacial score (nSPS) is 18.6. The van der Waals surface area contributed by atoms with Gasteiger partial charge in [-0.3, -0.25) is 28.8 Å². The van der Waals surface area contributed by atoms with Crippen molar-refractivity contribution in [2.75, 3.05) is 6.54 Å². The van der Waals surface area contributed by atoms with Gasteiger partial charge in [-0.2, -0.15) is 0 Å². The number of ether oxygens (including phenoxy) is 1. The summed E-state index contributed by atoms with van der Waals surface area (Å²) < 4.78 is 8.02. The topological polar surface area (TPSA) is 148 Å². The van der Waals surface area contributed by atoms with Crippen LogP contribution in [0.4, 0.5) is 4.79 Å². The zero-order chi connectivity index (χ0) is 22.9. The summed E-state index contributed by atoms with van der Waals surface area (Å²) in [5, 5.41) is 2.56. The van der Waals surface area contributed by atoms with E-state index in [1.54, 1.807) is 20.9 Å². The van der Waals surface area contributed by atoms with E-state index in [-0.39, 0.29) is 23.6 Å². The smallest absolute Gasteiger partial charge is 0.330 e. The molecular formula is C19H26N6O6. The van der Waals surface area contributed by atoms with E-state index in [9.17, 15) is 24.0 Å². The molecule has 0 aromatic carbocycles. The van der Waals surface area contributed by atoms with Crippen LogP contribution in [0.2, 0.25) is 0 Å². The van der Waals surface area contributed by atoms with Crippen molar-refractivity contribution in [1.29, 1.82) is 0 Å². The highest BCUT2D eigenvalue weighted by Crippen LogP contribution is 2.20. The fourth-order valence-corrected chi connectivity index (χ4v) is 3.39. The minimum absolute atomic E-state index is 0.189. The van der Waals surface area contributed by atoms with Crippen molar-refractivity contribution in [2.24, 2.45) is 7.05 Å². The van der Waals surface area contributed by atoms with Crippen LogP contribution >= 0.6 is 0 Å². The predicted octanol–water partition coefficient (Wildman–Crippen LogP) is -0.0129. The fourth-order valence-electron chi connectivity index (χ4n) is 3.39. The number of H-pyrrole nitrogens is 1. The molecule has 1 saturated heterocycles. The summed E-state index contributed by atoms with van der Waals surface area (Å²) in [6.45, 7) is 4.89. The van der Waals surface area contributed by atoms with E-state index in [2.05, 4.69) is 15.3 Å². The number of aromatic amines is 1. The number of rotatable bonds is 8. The van der Waals surface area contributed by atoms with E-state index in [1.165, 1.54) is 9.13 Å². The summed E-state index contributed by atoms with van der Waals surface area (Å²) in [5.74, 6) is -1.04. The Bertz CT molecular complexity index is 1160. The van der Waals surface area contributed by atoms with E-state index < -0.39 is 41.2 Å². The lowest BCUT2D eigenvalue weighted by atomic mass is 9.99. The molecule has 12 nitrogen and oxygen atoms in total. The Labute approximate surface area is 177 Å². The maximum Gasteiger partial charge on any atom is 0.330 e. The molecule has 1 aliphatic heterocycles. The van der Waals surface area contributed by atoms with Crippen molar-refractivity contribution in [3.8, 4) is 0 Å². The molecule has 3 heterocycles. The molecule has 0 bridgehead atoms. The molecule has 0 spiro atoms. The first-order chi connectivity index (χ1) is 14.6. The Kier molecular flexibility index (Phi) is 6.00. The molecule has 1 unspecified atom stereocenters. The number of imidazole rings is 1. The van der Waals surface area contributed by atoms with E-state index in [1.807, 2.05) is 6.92 Å². The minimum atomic E-state index is -1.04. The van der Waals surface area contributed by atoms with Crippen LogP contribution in [0.5, 0.6) is 0 Å². The van der Waals surface area contributed by atoms with Gasteiger partial charge in [-0.1, -0.05) is 20.3 Å². The number of hydrogen-bond acceptors (Lipinski definition) is 7. The highest BCUT2D eigenvalue weighted by atomic mass is 16.5. The summed E-state index contributed by atoms with van der Waals surface area (Å²) >= 11 is 0. The minimum Gasteiger partial charge on any atom is -0.456 e. The second-order valence-corrected chi connectivity index (χ2v) is 7.69. The zero-order valence-corrected chi connectivity index (χ0v) is 18.0. The Hall–Kier alpha value is -3.44. The summed E-state index contributed by atoms with van der Waals surface area (Å²) in [6.07, 6.45) is 1.96. The van der Waals surface area contributed by atoms with Gasteiger partial charge >= 0.3 is 17.7 Å². The molecule has 3 amide bonds. The van der Waals surface area contributed by atoms with Crippen molar-refractivity contribution in [3.63, 3.8) is 0 Å². The average molecular weight is 434 g/mol. The predicted molar refractivity (Wildman–Crippen MR) is 109 cm³/mol. The molecule has 2 N–H and O–H groups in total. The Balaban J connectivity index is 1.78. The van der Waals surface area contributed by atoms with Gasteiger partial charge in [0.1, 0.15) is 24.5 Å². The Morgan fingerprint density at radius 1 is 1.19 bits per heavy atom. The molecule has 2 aromatic heterocycles. The average Bonchev–Trinajstić information content (AvgIpc) is 3.15. The van der Waals surface area contributed by atoms with Crippen molar-refractivity contribution in [1.82, 2.24) is 29.3 Å². The summed E-state index contributed by atoms with van der Waals surface area (Å²) in [4.78, 5) is 68.5. The third-order valence-electron chi connectivity index (χ3n) is 5.54. The van der Waals surface area contributed by atoms with Gasteiger partial charge in [0.2, 0.25) is 0 Å². The highest BCUT2D eigenvalue weighted by Gasteiger charge is 2.47. The third-order valence-corrected chi connectivity index (χ3v) is 5.54. The number of fused-ring (bicyclic) bond motifs is 1. The highest BCUT2D eigenvalue weighted by molar-refractivity contribution is 6.08. The van der Waals surface area contributed by atoms with Gasteiger partial charge in [0.05, 0.1) is 0 Å². The number of nitrogens with zero attached hydrogens (tertiary/aromatic N) is 4. The van der Waals surface area contributed by atoms with Crippen LogP contribution in [0.15, 0.2) is 9.59 Å². The van der Waals surface area contributed by atoms with Gasteiger partial charge < -0.3 is 14.6 Å². The molecule has 1 fully saturated rings.